The highest BCUT2D eigenvalue weighted by Gasteiger charge is 2.21. The van der Waals surface area contributed by atoms with E-state index < -0.39 is 30.7 Å². The summed E-state index contributed by atoms with van der Waals surface area (Å²) >= 11 is 0. The zero-order valence-corrected chi connectivity index (χ0v) is 12.3. The molecule has 0 aliphatic rings. The van der Waals surface area contributed by atoms with Gasteiger partial charge in [0.15, 0.2) is 6.54 Å². The number of phenols is 1. The number of carboxylic acid groups (broad SMARTS) is 1. The van der Waals surface area contributed by atoms with Crippen molar-refractivity contribution >= 4 is 22.9 Å². The van der Waals surface area contributed by atoms with Gasteiger partial charge in [-0.15, -0.1) is 0 Å². The Kier molecular flexibility index (Phi) is 4.65. The van der Waals surface area contributed by atoms with Gasteiger partial charge in [0.25, 0.3) is 0 Å². The summed E-state index contributed by atoms with van der Waals surface area (Å²) in [5.74, 6) is -2.31. The highest BCUT2D eigenvalue weighted by Crippen LogP contribution is 2.29. The standard InChI is InChI=1S/C15H15NO7/c1-8-4-14(22)23-15-9(8)2-3-11(17)10(15)5-16(6-12(18)19)7-13(20)21/h2-4,17H,5-7H2,1H3,(H,18,19)(H,20,21)/p+1. The van der Waals surface area contributed by atoms with Gasteiger partial charge in [-0.1, -0.05) is 0 Å². The average Bonchev–Trinajstić information content (AvgIpc) is 2.40. The lowest BCUT2D eigenvalue weighted by Crippen LogP contribution is -2.34. The predicted molar refractivity (Wildman–Crippen MR) is 80.4 cm³/mol. The fourth-order valence-electron chi connectivity index (χ4n) is 2.37. The number of aromatic hydroxyl groups is 1. The predicted octanol–water partition coefficient (Wildman–Crippen LogP) is -0.0552. The third-order valence-corrected chi connectivity index (χ3v) is 3.31. The van der Waals surface area contributed by atoms with Gasteiger partial charge in [0.05, 0.1) is 12.1 Å². The first kappa shape index (κ1) is 16.5. The van der Waals surface area contributed by atoms with E-state index >= 15 is 0 Å². The van der Waals surface area contributed by atoms with Crippen LogP contribution in [0.4, 0.5) is 0 Å². The van der Waals surface area contributed by atoms with E-state index in [9.17, 15) is 19.5 Å². The molecule has 1 heterocycles. The molecule has 2 rings (SSSR count). The first-order valence-corrected chi connectivity index (χ1v) is 6.72. The quantitative estimate of drug-likeness (QED) is 0.563. The Morgan fingerprint density at radius 2 is 2.00 bits per heavy atom. The molecule has 1 aromatic carbocycles. The van der Waals surface area contributed by atoms with Gasteiger partial charge in [0.2, 0.25) is 0 Å². The second-order valence-corrected chi connectivity index (χ2v) is 5.15. The second kappa shape index (κ2) is 6.49. The molecule has 0 unspecified atom stereocenters. The van der Waals surface area contributed by atoms with Crippen LogP contribution in [0.1, 0.15) is 11.1 Å². The Labute approximate surface area is 130 Å². The minimum Gasteiger partial charge on any atom is -0.564 e. The van der Waals surface area contributed by atoms with Crippen LogP contribution in [-0.4, -0.2) is 45.2 Å². The van der Waals surface area contributed by atoms with Gasteiger partial charge >= 0.3 is 17.6 Å². The molecule has 8 heteroatoms. The average molecular weight is 322 g/mol. The molecule has 2 aromatic rings. The molecule has 0 bridgehead atoms. The van der Waals surface area contributed by atoms with Crippen LogP contribution in [0.5, 0.6) is 5.75 Å². The summed E-state index contributed by atoms with van der Waals surface area (Å²) in [4.78, 5) is 34.6. The van der Waals surface area contributed by atoms with Crippen LogP contribution in [0.25, 0.3) is 11.0 Å². The van der Waals surface area contributed by atoms with E-state index in [2.05, 4.69) is 0 Å². The van der Waals surface area contributed by atoms with Crippen molar-refractivity contribution in [2.24, 2.45) is 0 Å². The monoisotopic (exact) mass is 322 g/mol. The lowest BCUT2D eigenvalue weighted by Gasteiger charge is -2.18. The lowest BCUT2D eigenvalue weighted by atomic mass is 10.1. The topological polar surface area (TPSA) is 131 Å². The zero-order chi connectivity index (χ0) is 17.1. The van der Waals surface area contributed by atoms with E-state index in [0.29, 0.717) is 10.9 Å². The highest BCUT2D eigenvalue weighted by molar-refractivity contribution is 5.85. The molecule has 0 aliphatic heterocycles. The van der Waals surface area contributed by atoms with E-state index in [1.165, 1.54) is 17.0 Å². The third kappa shape index (κ3) is 3.86. The van der Waals surface area contributed by atoms with Crippen LogP contribution in [0.3, 0.4) is 0 Å². The first-order valence-electron chi connectivity index (χ1n) is 6.72. The molecule has 122 valence electrons. The lowest BCUT2D eigenvalue weighted by molar-refractivity contribution is -0.142. The molecule has 8 nitrogen and oxygen atoms in total. The fourth-order valence-corrected chi connectivity index (χ4v) is 2.37. The number of aryl methyl sites for hydroxylation is 1. The van der Waals surface area contributed by atoms with Crippen molar-refractivity contribution in [1.29, 1.82) is 0 Å². The van der Waals surface area contributed by atoms with Gasteiger partial charge < -0.3 is 19.7 Å². The molecule has 0 radical (unpaired) electrons. The van der Waals surface area contributed by atoms with Gasteiger partial charge in [-0.3, -0.25) is 9.69 Å². The van der Waals surface area contributed by atoms with Crippen LogP contribution in [-0.2, 0) is 16.1 Å². The van der Waals surface area contributed by atoms with Crippen molar-refractivity contribution in [3.63, 3.8) is 0 Å². The molecule has 0 spiro atoms. The maximum absolute atomic E-state index is 11.6. The summed E-state index contributed by atoms with van der Waals surface area (Å²) < 4.78 is 5.14. The van der Waals surface area contributed by atoms with Crippen LogP contribution >= 0.6 is 0 Å². The van der Waals surface area contributed by atoms with Gasteiger partial charge in [-0.2, -0.15) is 0 Å². The van der Waals surface area contributed by atoms with Crippen molar-refractivity contribution < 1.29 is 29.3 Å². The molecular formula is C15H16NO7+. The van der Waals surface area contributed by atoms with Crippen molar-refractivity contribution in [2.45, 2.75) is 13.5 Å². The summed E-state index contributed by atoms with van der Waals surface area (Å²) in [6.45, 7) is 0.656. The third-order valence-electron chi connectivity index (χ3n) is 3.31. The number of benzene rings is 1. The molecule has 0 fully saturated rings. The number of hydrogen-bond donors (Lipinski definition) is 2. The number of carboxylic acids is 1. The molecule has 23 heavy (non-hydrogen) atoms. The van der Waals surface area contributed by atoms with Crippen molar-refractivity contribution in [1.82, 2.24) is 4.90 Å². The molecule has 0 saturated carbocycles. The molecule has 0 aliphatic carbocycles. The number of carbonyl (C=O) groups is 2. The van der Waals surface area contributed by atoms with Gasteiger partial charge in [0, 0.05) is 22.8 Å². The van der Waals surface area contributed by atoms with E-state index in [-0.39, 0.29) is 23.4 Å². The number of aliphatic carboxylic acids is 1. The Hall–Kier alpha value is -2.87. The molecule has 0 atom stereocenters. The van der Waals surface area contributed by atoms with Crippen molar-refractivity contribution in [3.05, 3.63) is 39.7 Å². The maximum atomic E-state index is 11.6. The SMILES string of the molecule is Cc1cc(=O)oc2c(CN(CC(=O)O)CC(=O)[OH2+])c(O)ccc12. The molecule has 1 aromatic heterocycles. The minimum atomic E-state index is -1.18. The normalized spacial score (nSPS) is 11.0. The Morgan fingerprint density at radius 3 is 2.61 bits per heavy atom. The Balaban J connectivity index is 2.52. The van der Waals surface area contributed by atoms with E-state index in [4.69, 9.17) is 14.6 Å². The van der Waals surface area contributed by atoms with E-state index in [1.54, 1.807) is 13.0 Å². The first-order chi connectivity index (χ1) is 10.8. The molecular weight excluding hydrogens is 306 g/mol. The van der Waals surface area contributed by atoms with Crippen LogP contribution in [0.15, 0.2) is 27.4 Å². The Morgan fingerprint density at radius 1 is 1.30 bits per heavy atom. The summed E-state index contributed by atoms with van der Waals surface area (Å²) in [6, 6.07) is 4.31. The summed E-state index contributed by atoms with van der Waals surface area (Å²) in [5, 5.41) is 26.5. The van der Waals surface area contributed by atoms with Crippen molar-refractivity contribution in [2.75, 3.05) is 13.1 Å². The van der Waals surface area contributed by atoms with E-state index in [1.807, 2.05) is 0 Å². The summed E-state index contributed by atoms with van der Waals surface area (Å²) in [6.07, 6.45) is 0. The summed E-state index contributed by atoms with van der Waals surface area (Å²) in [5.41, 5.74) is 0.399. The number of phenolic OH excluding ortho intramolecular Hbond substituents is 1. The highest BCUT2D eigenvalue weighted by atomic mass is 16.4. The largest absolute Gasteiger partial charge is 0.564 e. The second-order valence-electron chi connectivity index (χ2n) is 5.15. The fraction of sp³-hybridized carbons (Fsp3) is 0.267. The van der Waals surface area contributed by atoms with Gasteiger partial charge in [-0.05, 0) is 24.6 Å². The zero-order valence-electron chi connectivity index (χ0n) is 12.3. The Bertz CT molecular complexity index is 808. The smallest absolute Gasteiger partial charge is 0.530 e. The minimum absolute atomic E-state index is 0.141. The maximum Gasteiger partial charge on any atom is 0.530 e. The van der Waals surface area contributed by atoms with Gasteiger partial charge in [0.1, 0.15) is 11.3 Å². The van der Waals surface area contributed by atoms with Gasteiger partial charge in [-0.25, -0.2) is 4.79 Å². The number of fused-ring (bicyclic) bond motifs is 1. The molecule has 0 saturated heterocycles. The molecule has 0 amide bonds. The van der Waals surface area contributed by atoms with E-state index in [0.717, 1.165) is 0 Å². The van der Waals surface area contributed by atoms with Crippen molar-refractivity contribution in [3.8, 4) is 5.75 Å². The summed E-state index contributed by atoms with van der Waals surface area (Å²) in [7, 11) is 0. The number of nitrogens with zero attached hydrogens (tertiary/aromatic N) is 1. The number of hydrogen-bond acceptors (Lipinski definition) is 6. The van der Waals surface area contributed by atoms with Crippen LogP contribution in [0.2, 0.25) is 0 Å². The van der Waals surface area contributed by atoms with Crippen LogP contribution < -0.4 is 5.63 Å². The van der Waals surface area contributed by atoms with Crippen LogP contribution in [0, 0.1) is 6.92 Å². The number of carbonyl (C=O) groups excluding carboxylic acids is 1. The molecule has 4 N–H and O–H groups in total. The number of rotatable bonds is 6.